The van der Waals surface area contributed by atoms with Gasteiger partial charge in [0.25, 0.3) is 0 Å². The zero-order valence-electron chi connectivity index (χ0n) is 41.9. The molecule has 6 heteroatoms. The molecule has 0 bridgehead atoms. The maximum Gasteiger partial charge on any atom is 0.135 e. The van der Waals surface area contributed by atoms with Crippen molar-refractivity contribution in [3.05, 3.63) is 199 Å². The number of benzene rings is 7. The smallest absolute Gasteiger partial charge is 0.135 e. The van der Waals surface area contributed by atoms with Gasteiger partial charge in [-0.3, -0.25) is 0 Å². The van der Waals surface area contributed by atoms with Crippen LogP contribution in [0.5, 0.6) is 11.5 Å². The van der Waals surface area contributed by atoms with E-state index < -0.39 is 5.41 Å². The molecule has 0 saturated carbocycles. The summed E-state index contributed by atoms with van der Waals surface area (Å²) >= 11 is 0. The summed E-state index contributed by atoms with van der Waals surface area (Å²) in [6.07, 6.45) is -0.172. The molecule has 5 nitrogen and oxygen atoms in total. The van der Waals surface area contributed by atoms with E-state index in [9.17, 15) is 1.37 Å². The fourth-order valence-electron chi connectivity index (χ4n) is 8.75. The fourth-order valence-corrected chi connectivity index (χ4v) is 8.75. The minimum Gasteiger partial charge on any atom is -0.509 e. The first-order chi connectivity index (χ1) is 32.4. The Morgan fingerprint density at radius 3 is 1.79 bits per heavy atom. The number of hydrogen-bond acceptors (Lipinski definition) is 4. The Morgan fingerprint density at radius 1 is 0.561 bits per heavy atom. The van der Waals surface area contributed by atoms with Crippen molar-refractivity contribution in [1.82, 2.24) is 9.55 Å². The van der Waals surface area contributed by atoms with Gasteiger partial charge >= 0.3 is 0 Å². The number of pyridine rings is 1. The Bertz CT molecular complexity index is 3360. The van der Waals surface area contributed by atoms with E-state index in [4.69, 9.17) is 7.48 Å². The van der Waals surface area contributed by atoms with Gasteiger partial charge in [0.1, 0.15) is 5.82 Å². The van der Waals surface area contributed by atoms with E-state index in [-0.39, 0.29) is 56.0 Å². The Labute approximate surface area is 409 Å². The summed E-state index contributed by atoms with van der Waals surface area (Å²) in [5.74, 6) is 1.25. The van der Waals surface area contributed by atoms with Crippen LogP contribution in [0.15, 0.2) is 164 Å². The molecule has 0 amide bonds. The monoisotopic (exact) mass is 1050 g/mol. The standard InChI is InChI=1S/C60H55N4O.Pt/c1-58(2,3)42-20-14-18-40(34-42)48-25-17-26-49(41-19-15-21-43(35-41)59(4,5)6)57(48)63-39-62(53-28-12-13-29-54(53)63)45-22-16-23-46(37-45)65-47-30-31-51-50-24-10-11-27-52(50)64(55(51)38-47)56-36-44(32-33-61-56)60(7,8)9;/h10-36,39H,1-9H3;/q-3;/i32D,33D,36D;. The molecular formula is C60H55N4OPt-3. The topological polar surface area (TPSA) is 33.5 Å². The minimum atomic E-state index is -0.550. The van der Waals surface area contributed by atoms with Gasteiger partial charge in [0.2, 0.25) is 0 Å². The van der Waals surface area contributed by atoms with E-state index in [2.05, 4.69) is 166 Å². The number of nitrogens with zero attached hydrogens (tertiary/aromatic N) is 4. The molecule has 0 spiro atoms. The van der Waals surface area contributed by atoms with Gasteiger partial charge in [0, 0.05) is 72.4 Å². The molecule has 0 radical (unpaired) electrons. The normalized spacial score (nSPS) is 13.6. The first-order valence-corrected chi connectivity index (χ1v) is 22.4. The zero-order chi connectivity index (χ0) is 47.9. The van der Waals surface area contributed by atoms with Gasteiger partial charge in [-0.2, -0.15) is 12.1 Å². The SMILES string of the molecule is [2H]c1nc(-n2c3[c-]c(Oc4[c-]c(N5[CH-]N(c6c(-c7cccc(C(C)(C)C)c7)cccc6-c6cccc(C(C)(C)C)c6)c6ccccc65)ccc4)ccc3c3ccccc32)c([2H])c(C(C)(C)C)c1[2H].[Pt]. The van der Waals surface area contributed by atoms with Gasteiger partial charge in [-0.25, -0.2) is 4.98 Å². The Hall–Kier alpha value is -6.42. The average molecular weight is 1050 g/mol. The van der Waals surface area contributed by atoms with Crippen molar-refractivity contribution >= 4 is 44.6 Å². The van der Waals surface area contributed by atoms with Gasteiger partial charge in [0.15, 0.2) is 0 Å². The first-order valence-electron chi connectivity index (χ1n) is 23.9. The van der Waals surface area contributed by atoms with Crippen LogP contribution in [0.2, 0.25) is 0 Å². The minimum absolute atomic E-state index is 0. The summed E-state index contributed by atoms with van der Waals surface area (Å²) in [6, 6.07) is 58.0. The largest absolute Gasteiger partial charge is 0.509 e. The van der Waals surface area contributed by atoms with E-state index in [1.165, 1.54) is 11.1 Å². The summed E-state index contributed by atoms with van der Waals surface area (Å²) in [6.45, 7) is 21.6. The summed E-state index contributed by atoms with van der Waals surface area (Å²) in [4.78, 5) is 9.05. The molecule has 334 valence electrons. The van der Waals surface area contributed by atoms with Crippen molar-refractivity contribution < 1.29 is 29.9 Å². The van der Waals surface area contributed by atoms with E-state index in [1.54, 1.807) is 0 Å². The number of hydrogen-bond donors (Lipinski definition) is 0. The van der Waals surface area contributed by atoms with Gasteiger partial charge in [-0.1, -0.05) is 165 Å². The fraction of sp³-hybridized carbons (Fsp3) is 0.200. The molecule has 7 aromatic carbocycles. The number of rotatable bonds is 7. The molecule has 1 aliphatic rings. The third kappa shape index (κ3) is 8.35. The number of aromatic nitrogens is 2. The number of fused-ring (bicyclic) bond motifs is 4. The molecule has 3 heterocycles. The van der Waals surface area contributed by atoms with Crippen LogP contribution in [0.3, 0.4) is 0 Å². The molecule has 0 aliphatic carbocycles. The predicted molar refractivity (Wildman–Crippen MR) is 271 cm³/mol. The van der Waals surface area contributed by atoms with Gasteiger partial charge in [-0.15, -0.1) is 48.1 Å². The van der Waals surface area contributed by atoms with E-state index in [0.29, 0.717) is 22.6 Å². The maximum atomic E-state index is 9.35. The van der Waals surface area contributed by atoms with Crippen LogP contribution in [-0.2, 0) is 37.3 Å². The molecule has 0 atom stereocenters. The van der Waals surface area contributed by atoms with Crippen LogP contribution in [0.1, 0.15) is 83.1 Å². The summed E-state index contributed by atoms with van der Waals surface area (Å²) in [5.41, 5.74) is 12.4. The van der Waals surface area contributed by atoms with Crippen LogP contribution in [0.25, 0.3) is 49.9 Å². The Balaban J connectivity index is 0.00000593. The summed E-state index contributed by atoms with van der Waals surface area (Å²) in [5, 5.41) is 1.86. The van der Waals surface area contributed by atoms with E-state index in [0.717, 1.165) is 61.3 Å². The van der Waals surface area contributed by atoms with Crippen molar-refractivity contribution in [2.24, 2.45) is 0 Å². The molecule has 9 aromatic rings. The van der Waals surface area contributed by atoms with Crippen LogP contribution in [0.4, 0.5) is 22.7 Å². The Morgan fingerprint density at radius 2 is 1.14 bits per heavy atom. The number of anilines is 4. The second kappa shape index (κ2) is 17.1. The van der Waals surface area contributed by atoms with Crippen molar-refractivity contribution in [1.29, 1.82) is 0 Å². The molecule has 0 fully saturated rings. The molecule has 2 aromatic heterocycles. The maximum absolute atomic E-state index is 9.35. The third-order valence-electron chi connectivity index (χ3n) is 12.3. The van der Waals surface area contributed by atoms with E-state index in [1.807, 2.05) is 79.9 Å². The van der Waals surface area contributed by atoms with Gasteiger partial charge < -0.3 is 19.1 Å². The summed E-state index contributed by atoms with van der Waals surface area (Å²) in [7, 11) is 0. The van der Waals surface area contributed by atoms with Crippen LogP contribution in [0, 0.1) is 18.8 Å². The van der Waals surface area contributed by atoms with Crippen molar-refractivity contribution in [2.75, 3.05) is 9.80 Å². The first kappa shape index (κ1) is 41.0. The van der Waals surface area contributed by atoms with Gasteiger partial charge in [-0.05, 0) is 79.7 Å². The zero-order valence-corrected chi connectivity index (χ0v) is 41.2. The number of ether oxygens (including phenoxy) is 1. The second-order valence-corrected chi connectivity index (χ2v) is 20.1. The van der Waals surface area contributed by atoms with Crippen molar-refractivity contribution in [3.8, 4) is 39.6 Å². The average Bonchev–Trinajstić information content (AvgIpc) is 3.85. The molecule has 0 unspecified atom stereocenters. The third-order valence-corrected chi connectivity index (χ3v) is 12.3. The van der Waals surface area contributed by atoms with E-state index >= 15 is 0 Å². The quantitative estimate of drug-likeness (QED) is 0.149. The number of para-hydroxylation sites is 4. The second-order valence-electron chi connectivity index (χ2n) is 20.1. The molecular weight excluding hydrogens is 988 g/mol. The molecule has 1 aliphatic heterocycles. The molecule has 0 saturated heterocycles. The summed E-state index contributed by atoms with van der Waals surface area (Å²) < 4.78 is 35.3. The van der Waals surface area contributed by atoms with Crippen LogP contribution >= 0.6 is 0 Å². The van der Waals surface area contributed by atoms with Crippen LogP contribution in [-0.4, -0.2) is 9.55 Å². The van der Waals surface area contributed by atoms with Crippen molar-refractivity contribution in [2.45, 2.75) is 78.6 Å². The van der Waals surface area contributed by atoms with Crippen molar-refractivity contribution in [3.63, 3.8) is 0 Å². The predicted octanol–water partition coefficient (Wildman–Crippen LogP) is 16.2. The van der Waals surface area contributed by atoms with Gasteiger partial charge in [0.05, 0.1) is 4.11 Å². The molecule has 0 N–H and O–H groups in total. The molecule has 10 rings (SSSR count). The Kier molecular flexibility index (Phi) is 10.6. The molecule has 66 heavy (non-hydrogen) atoms. The van der Waals surface area contributed by atoms with Crippen LogP contribution < -0.4 is 14.5 Å².